The first-order valence-electron chi connectivity index (χ1n) is 7.93. The van der Waals surface area contributed by atoms with Crippen LogP contribution in [-0.4, -0.2) is 43.4 Å². The summed E-state index contributed by atoms with van der Waals surface area (Å²) in [5.74, 6) is 1.28. The minimum atomic E-state index is -0.165. The highest BCUT2D eigenvalue weighted by Gasteiger charge is 2.38. The van der Waals surface area contributed by atoms with E-state index in [1.807, 2.05) is 10.6 Å². The van der Waals surface area contributed by atoms with E-state index >= 15 is 0 Å². The molecule has 4 rings (SSSR count). The standard InChI is InChI=1S/C15H21N5O/c21-13-6-2-1-4-11(13)12-5-3-8-20(12)14-15-18-17-10-19(15)9-7-16-14/h7,9-13,21H,1-6,8H2/t11-,12-,13-/m1/s1. The number of fused-ring (bicyclic) bond motifs is 1. The minimum absolute atomic E-state index is 0.165. The average molecular weight is 287 g/mol. The van der Waals surface area contributed by atoms with Crippen molar-refractivity contribution in [2.45, 2.75) is 50.7 Å². The van der Waals surface area contributed by atoms with E-state index in [2.05, 4.69) is 20.1 Å². The molecule has 112 valence electrons. The molecule has 2 aromatic heterocycles. The lowest BCUT2D eigenvalue weighted by molar-refractivity contribution is 0.0565. The van der Waals surface area contributed by atoms with Gasteiger partial charge in [-0.25, -0.2) is 4.98 Å². The monoisotopic (exact) mass is 287 g/mol. The summed E-state index contributed by atoms with van der Waals surface area (Å²) in [4.78, 5) is 6.90. The zero-order chi connectivity index (χ0) is 14.2. The predicted molar refractivity (Wildman–Crippen MR) is 79.1 cm³/mol. The minimum Gasteiger partial charge on any atom is -0.393 e. The van der Waals surface area contributed by atoms with Gasteiger partial charge in [0.2, 0.25) is 5.65 Å². The molecule has 1 aliphatic carbocycles. The number of aliphatic hydroxyl groups is 1. The van der Waals surface area contributed by atoms with Crippen LogP contribution in [0.2, 0.25) is 0 Å². The molecule has 0 aromatic carbocycles. The highest BCUT2D eigenvalue weighted by atomic mass is 16.3. The highest BCUT2D eigenvalue weighted by Crippen LogP contribution is 2.37. The average Bonchev–Trinajstić information content (AvgIpc) is 3.16. The Balaban J connectivity index is 1.68. The molecule has 6 nitrogen and oxygen atoms in total. The molecule has 0 unspecified atom stereocenters. The van der Waals surface area contributed by atoms with E-state index in [1.165, 1.54) is 6.42 Å². The lowest BCUT2D eigenvalue weighted by Gasteiger charge is -2.37. The third-order valence-electron chi connectivity index (χ3n) is 5.04. The van der Waals surface area contributed by atoms with Crippen LogP contribution in [0.3, 0.4) is 0 Å². The van der Waals surface area contributed by atoms with Gasteiger partial charge in [-0.15, -0.1) is 10.2 Å². The second kappa shape index (κ2) is 5.26. The van der Waals surface area contributed by atoms with Crippen molar-refractivity contribution in [3.05, 3.63) is 18.7 Å². The smallest absolute Gasteiger partial charge is 0.203 e. The summed E-state index contributed by atoms with van der Waals surface area (Å²) in [5, 5.41) is 18.6. The summed E-state index contributed by atoms with van der Waals surface area (Å²) in [6.07, 6.45) is 12.0. The van der Waals surface area contributed by atoms with E-state index < -0.39 is 0 Å². The van der Waals surface area contributed by atoms with Gasteiger partial charge in [-0.1, -0.05) is 12.8 Å². The van der Waals surface area contributed by atoms with Crippen LogP contribution in [0.15, 0.2) is 18.7 Å². The van der Waals surface area contributed by atoms with Gasteiger partial charge in [-0.2, -0.15) is 0 Å². The number of aliphatic hydroxyl groups excluding tert-OH is 1. The van der Waals surface area contributed by atoms with Gasteiger partial charge in [-0.05, 0) is 25.7 Å². The normalized spacial score (nSPS) is 30.1. The molecule has 2 aliphatic rings. The SMILES string of the molecule is O[C@@H]1CCCC[C@@H]1[C@H]1CCCN1c1nccn2cnnc12. The van der Waals surface area contributed by atoms with Gasteiger partial charge in [0.05, 0.1) is 6.10 Å². The van der Waals surface area contributed by atoms with Gasteiger partial charge < -0.3 is 10.0 Å². The number of hydrogen-bond donors (Lipinski definition) is 1. The molecule has 2 fully saturated rings. The molecule has 0 amide bonds. The van der Waals surface area contributed by atoms with Gasteiger partial charge in [0.15, 0.2) is 5.82 Å². The topological polar surface area (TPSA) is 66.5 Å². The van der Waals surface area contributed by atoms with E-state index in [9.17, 15) is 5.11 Å². The maximum absolute atomic E-state index is 10.4. The number of nitrogens with zero attached hydrogens (tertiary/aromatic N) is 5. The second-order valence-corrected chi connectivity index (χ2v) is 6.23. The Hall–Kier alpha value is -1.69. The molecule has 0 radical (unpaired) electrons. The Labute approximate surface area is 123 Å². The van der Waals surface area contributed by atoms with Gasteiger partial charge in [0, 0.05) is 30.9 Å². The van der Waals surface area contributed by atoms with Gasteiger partial charge in [-0.3, -0.25) is 4.40 Å². The quantitative estimate of drug-likeness (QED) is 0.909. The lowest BCUT2D eigenvalue weighted by atomic mass is 9.80. The van der Waals surface area contributed by atoms with E-state index in [1.54, 1.807) is 12.5 Å². The van der Waals surface area contributed by atoms with Crippen molar-refractivity contribution in [2.75, 3.05) is 11.4 Å². The second-order valence-electron chi connectivity index (χ2n) is 6.23. The summed E-state index contributed by atoms with van der Waals surface area (Å²) < 4.78 is 1.91. The Morgan fingerprint density at radius 2 is 2.05 bits per heavy atom. The maximum Gasteiger partial charge on any atom is 0.203 e. The van der Waals surface area contributed by atoms with Crippen LogP contribution in [0.4, 0.5) is 5.82 Å². The van der Waals surface area contributed by atoms with Gasteiger partial charge in [0.1, 0.15) is 6.33 Å². The van der Waals surface area contributed by atoms with Crippen molar-refractivity contribution < 1.29 is 5.11 Å². The van der Waals surface area contributed by atoms with Crippen LogP contribution in [0.1, 0.15) is 38.5 Å². The fourth-order valence-electron chi connectivity index (χ4n) is 4.04. The highest BCUT2D eigenvalue weighted by molar-refractivity contribution is 5.64. The van der Waals surface area contributed by atoms with Crippen molar-refractivity contribution in [1.29, 1.82) is 0 Å². The molecule has 1 saturated heterocycles. The van der Waals surface area contributed by atoms with Gasteiger partial charge in [0.25, 0.3) is 0 Å². The molecule has 1 N–H and O–H groups in total. The fourth-order valence-corrected chi connectivity index (χ4v) is 4.04. The Bertz CT molecular complexity index is 627. The number of hydrogen-bond acceptors (Lipinski definition) is 5. The predicted octanol–water partition coefficient (Wildman–Crippen LogP) is 1.64. The van der Waals surface area contributed by atoms with Crippen LogP contribution in [-0.2, 0) is 0 Å². The summed E-state index contributed by atoms with van der Waals surface area (Å²) >= 11 is 0. The maximum atomic E-state index is 10.4. The first-order valence-corrected chi connectivity index (χ1v) is 7.93. The van der Waals surface area contributed by atoms with E-state index in [-0.39, 0.29) is 6.10 Å². The van der Waals surface area contributed by atoms with E-state index in [4.69, 9.17) is 0 Å². The van der Waals surface area contributed by atoms with Gasteiger partial charge >= 0.3 is 0 Å². The van der Waals surface area contributed by atoms with Crippen LogP contribution in [0, 0.1) is 5.92 Å². The fraction of sp³-hybridized carbons (Fsp3) is 0.667. The molecule has 3 heterocycles. The van der Waals surface area contributed by atoms with Crippen molar-refractivity contribution >= 4 is 11.5 Å². The first kappa shape index (κ1) is 13.0. The molecule has 0 spiro atoms. The molecular formula is C15H21N5O. The summed E-state index contributed by atoms with van der Waals surface area (Å²) in [6.45, 7) is 0.993. The van der Waals surface area contributed by atoms with Crippen LogP contribution >= 0.6 is 0 Å². The van der Waals surface area contributed by atoms with Crippen molar-refractivity contribution in [2.24, 2.45) is 5.92 Å². The van der Waals surface area contributed by atoms with Crippen LogP contribution in [0.5, 0.6) is 0 Å². The van der Waals surface area contributed by atoms with Crippen molar-refractivity contribution in [1.82, 2.24) is 19.6 Å². The summed E-state index contributed by atoms with van der Waals surface area (Å²) in [7, 11) is 0. The Morgan fingerprint density at radius 1 is 1.14 bits per heavy atom. The molecule has 1 aliphatic heterocycles. The molecule has 21 heavy (non-hydrogen) atoms. The first-order chi connectivity index (χ1) is 10.3. The lowest BCUT2D eigenvalue weighted by Crippen LogP contribution is -2.43. The molecule has 0 bridgehead atoms. The molecule has 3 atom stereocenters. The molecule has 1 saturated carbocycles. The van der Waals surface area contributed by atoms with Crippen molar-refractivity contribution in [3.8, 4) is 0 Å². The number of rotatable bonds is 2. The third-order valence-corrected chi connectivity index (χ3v) is 5.04. The third kappa shape index (κ3) is 2.18. The molecule has 6 heteroatoms. The number of aromatic nitrogens is 4. The zero-order valence-corrected chi connectivity index (χ0v) is 12.1. The Morgan fingerprint density at radius 3 is 2.95 bits per heavy atom. The summed E-state index contributed by atoms with van der Waals surface area (Å²) in [5.41, 5.74) is 0.815. The van der Waals surface area contributed by atoms with Crippen LogP contribution in [0.25, 0.3) is 5.65 Å². The van der Waals surface area contributed by atoms with Crippen LogP contribution < -0.4 is 4.90 Å². The Kier molecular flexibility index (Phi) is 3.25. The largest absolute Gasteiger partial charge is 0.393 e. The number of anilines is 1. The van der Waals surface area contributed by atoms with E-state index in [0.717, 1.165) is 50.1 Å². The van der Waals surface area contributed by atoms with Crippen molar-refractivity contribution in [3.63, 3.8) is 0 Å². The molecule has 2 aromatic rings. The molecular weight excluding hydrogens is 266 g/mol. The zero-order valence-electron chi connectivity index (χ0n) is 12.1. The summed E-state index contributed by atoms with van der Waals surface area (Å²) in [6, 6.07) is 0.385. The van der Waals surface area contributed by atoms with E-state index in [0.29, 0.717) is 12.0 Å².